The molecule has 0 atom stereocenters. The Labute approximate surface area is 156 Å². The predicted octanol–water partition coefficient (Wildman–Crippen LogP) is 4.55. The molecule has 0 N–H and O–H groups in total. The van der Waals surface area contributed by atoms with Crippen LogP contribution in [0.4, 0.5) is 0 Å². The summed E-state index contributed by atoms with van der Waals surface area (Å²) in [6, 6.07) is 28.0. The molecule has 0 unspecified atom stereocenters. The Morgan fingerprint density at radius 2 is 1.43 bits per heavy atom. The van der Waals surface area contributed by atoms with Gasteiger partial charge in [0.1, 0.15) is 0 Å². The molecular formula is C20H16Ca. The first-order chi connectivity index (χ1) is 9.84. The maximum absolute atomic E-state index is 3.72. The van der Waals surface area contributed by atoms with Gasteiger partial charge in [0.15, 0.2) is 0 Å². The SMILES string of the molecule is [CH2-]c1ccccc1.[Ca+2].[c-]1cccc2c1Cc1ccccc1-2. The summed E-state index contributed by atoms with van der Waals surface area (Å²) in [6.45, 7) is 3.72. The third-order valence-corrected chi connectivity index (χ3v) is 3.46. The molecule has 1 aliphatic carbocycles. The van der Waals surface area contributed by atoms with E-state index in [4.69, 9.17) is 0 Å². The molecule has 0 radical (unpaired) electrons. The van der Waals surface area contributed by atoms with Crippen molar-refractivity contribution in [3.63, 3.8) is 0 Å². The molecule has 0 fully saturated rings. The first kappa shape index (κ1) is 16.2. The topological polar surface area (TPSA) is 0 Å². The van der Waals surface area contributed by atoms with Gasteiger partial charge in [-0.3, -0.25) is 0 Å². The summed E-state index contributed by atoms with van der Waals surface area (Å²) in [4.78, 5) is 0. The zero-order chi connectivity index (χ0) is 13.8. The van der Waals surface area contributed by atoms with E-state index in [9.17, 15) is 0 Å². The normalized spacial score (nSPS) is 10.5. The average molecular weight is 296 g/mol. The van der Waals surface area contributed by atoms with E-state index < -0.39 is 0 Å². The quantitative estimate of drug-likeness (QED) is 0.330. The summed E-state index contributed by atoms with van der Waals surface area (Å²) in [5, 5.41) is 0. The summed E-state index contributed by atoms with van der Waals surface area (Å²) >= 11 is 0. The minimum absolute atomic E-state index is 0. The van der Waals surface area contributed by atoms with E-state index in [1.807, 2.05) is 36.4 Å². The molecule has 21 heavy (non-hydrogen) atoms. The smallest absolute Gasteiger partial charge is 0.199 e. The van der Waals surface area contributed by atoms with E-state index >= 15 is 0 Å². The Morgan fingerprint density at radius 3 is 2.14 bits per heavy atom. The minimum atomic E-state index is 0. The molecule has 0 bridgehead atoms. The van der Waals surface area contributed by atoms with Gasteiger partial charge in [0.05, 0.1) is 0 Å². The number of hydrogen-bond donors (Lipinski definition) is 0. The summed E-state index contributed by atoms with van der Waals surface area (Å²) in [7, 11) is 0. The van der Waals surface area contributed by atoms with Crippen LogP contribution in [0.3, 0.4) is 0 Å². The van der Waals surface area contributed by atoms with Crippen LogP contribution < -0.4 is 0 Å². The van der Waals surface area contributed by atoms with Crippen LogP contribution in [-0.4, -0.2) is 37.7 Å². The van der Waals surface area contributed by atoms with Crippen LogP contribution >= 0.6 is 0 Å². The summed E-state index contributed by atoms with van der Waals surface area (Å²) in [6.07, 6.45) is 1.05. The molecule has 0 amide bonds. The van der Waals surface area contributed by atoms with Crippen molar-refractivity contribution in [2.24, 2.45) is 0 Å². The van der Waals surface area contributed by atoms with Crippen molar-refractivity contribution in [1.29, 1.82) is 0 Å². The summed E-state index contributed by atoms with van der Waals surface area (Å²) < 4.78 is 0. The summed E-state index contributed by atoms with van der Waals surface area (Å²) in [5.74, 6) is 0. The average Bonchev–Trinajstić information content (AvgIpc) is 2.87. The molecule has 1 aliphatic rings. The molecule has 0 nitrogen and oxygen atoms in total. The van der Waals surface area contributed by atoms with Crippen molar-refractivity contribution >= 4 is 37.7 Å². The maximum Gasteiger partial charge on any atom is 2.00 e. The standard InChI is InChI=1S/C13H9.C7H7.Ca/c1-3-7-12-10(5-1)9-11-6-2-4-8-13(11)12;1-7-5-3-2-4-6-7;/h1-5,7-8H,9H2;2-6H,1H2;/q2*-1;+2. The van der Waals surface area contributed by atoms with Crippen LogP contribution in [0.2, 0.25) is 0 Å². The Kier molecular flexibility index (Phi) is 5.93. The van der Waals surface area contributed by atoms with Crippen LogP contribution in [0, 0.1) is 13.0 Å². The van der Waals surface area contributed by atoms with Crippen LogP contribution in [0.1, 0.15) is 16.7 Å². The molecule has 0 spiro atoms. The van der Waals surface area contributed by atoms with Crippen molar-refractivity contribution in [3.8, 4) is 11.1 Å². The fourth-order valence-corrected chi connectivity index (χ4v) is 2.48. The van der Waals surface area contributed by atoms with E-state index in [0.29, 0.717) is 0 Å². The van der Waals surface area contributed by atoms with Crippen LogP contribution in [0.15, 0.2) is 72.8 Å². The molecule has 1 heteroatoms. The molecule has 3 aromatic rings. The zero-order valence-corrected chi connectivity index (χ0v) is 14.3. The number of fused-ring (bicyclic) bond motifs is 3. The zero-order valence-electron chi connectivity index (χ0n) is 12.0. The second kappa shape index (κ2) is 7.70. The Hall–Kier alpha value is -1.21. The third kappa shape index (κ3) is 3.91. The van der Waals surface area contributed by atoms with E-state index in [2.05, 4.69) is 49.4 Å². The summed E-state index contributed by atoms with van der Waals surface area (Å²) in [5.41, 5.74) is 6.58. The molecule has 4 rings (SSSR count). The monoisotopic (exact) mass is 296 g/mol. The van der Waals surface area contributed by atoms with E-state index in [1.54, 1.807) is 0 Å². The van der Waals surface area contributed by atoms with Crippen LogP contribution in [0.25, 0.3) is 11.1 Å². The van der Waals surface area contributed by atoms with Crippen molar-refractivity contribution < 1.29 is 0 Å². The van der Waals surface area contributed by atoms with Crippen LogP contribution in [-0.2, 0) is 6.42 Å². The molecule has 0 aliphatic heterocycles. The van der Waals surface area contributed by atoms with Gasteiger partial charge >= 0.3 is 37.7 Å². The van der Waals surface area contributed by atoms with Gasteiger partial charge in [-0.2, -0.15) is 54.4 Å². The second-order valence-electron chi connectivity index (χ2n) is 4.88. The van der Waals surface area contributed by atoms with Gasteiger partial charge in [0, 0.05) is 0 Å². The fourth-order valence-electron chi connectivity index (χ4n) is 2.48. The van der Waals surface area contributed by atoms with E-state index in [0.717, 1.165) is 12.0 Å². The third-order valence-electron chi connectivity index (χ3n) is 3.46. The van der Waals surface area contributed by atoms with Gasteiger partial charge < -0.3 is 0 Å². The van der Waals surface area contributed by atoms with Gasteiger partial charge in [-0.1, -0.05) is 41.5 Å². The number of hydrogen-bond acceptors (Lipinski definition) is 0. The Morgan fingerprint density at radius 1 is 0.762 bits per heavy atom. The van der Waals surface area contributed by atoms with Gasteiger partial charge in [0.25, 0.3) is 0 Å². The van der Waals surface area contributed by atoms with Crippen molar-refractivity contribution in [3.05, 3.63) is 102 Å². The van der Waals surface area contributed by atoms with Gasteiger partial charge in [-0.25, -0.2) is 0 Å². The van der Waals surface area contributed by atoms with E-state index in [1.165, 1.54) is 22.3 Å². The molecule has 0 heterocycles. The predicted molar refractivity (Wildman–Crippen MR) is 90.2 cm³/mol. The first-order valence-electron chi connectivity index (χ1n) is 6.79. The number of benzene rings is 3. The fraction of sp³-hybridized carbons (Fsp3) is 0.0500. The van der Waals surface area contributed by atoms with Gasteiger partial charge in [-0.05, 0) is 6.42 Å². The van der Waals surface area contributed by atoms with Crippen molar-refractivity contribution in [2.45, 2.75) is 6.42 Å². The molecule has 3 aromatic carbocycles. The molecule has 0 saturated heterocycles. The maximum atomic E-state index is 3.72. The van der Waals surface area contributed by atoms with Crippen molar-refractivity contribution in [1.82, 2.24) is 0 Å². The van der Waals surface area contributed by atoms with Crippen LogP contribution in [0.5, 0.6) is 0 Å². The largest absolute Gasteiger partial charge is 2.00 e. The molecule has 0 saturated carbocycles. The molecular weight excluding hydrogens is 280 g/mol. The minimum Gasteiger partial charge on any atom is -0.199 e. The van der Waals surface area contributed by atoms with Gasteiger partial charge in [-0.15, -0.1) is 17.7 Å². The first-order valence-corrected chi connectivity index (χ1v) is 6.79. The number of rotatable bonds is 0. The van der Waals surface area contributed by atoms with E-state index in [-0.39, 0.29) is 37.7 Å². The van der Waals surface area contributed by atoms with Gasteiger partial charge in [0.2, 0.25) is 0 Å². The molecule has 98 valence electrons. The van der Waals surface area contributed by atoms with Crippen molar-refractivity contribution in [2.75, 3.05) is 0 Å². The Balaban J connectivity index is 0.000000174. The molecule has 0 aromatic heterocycles. The second-order valence-corrected chi connectivity index (χ2v) is 4.88. The Bertz CT molecular complexity index is 658.